The van der Waals surface area contributed by atoms with E-state index in [9.17, 15) is 9.59 Å². The molecule has 30 heavy (non-hydrogen) atoms. The second-order valence-electron chi connectivity index (χ2n) is 7.38. The van der Waals surface area contributed by atoms with E-state index in [-0.39, 0.29) is 5.91 Å². The predicted molar refractivity (Wildman–Crippen MR) is 119 cm³/mol. The van der Waals surface area contributed by atoms with Gasteiger partial charge in [-0.25, -0.2) is 0 Å². The first-order valence-corrected chi connectivity index (χ1v) is 11.0. The number of amides is 2. The first kappa shape index (κ1) is 22.1. The quantitative estimate of drug-likeness (QED) is 0.603. The maximum absolute atomic E-state index is 12.5. The number of aryl methyl sites for hydroxylation is 1. The maximum Gasteiger partial charge on any atom is 0.251 e. The van der Waals surface area contributed by atoms with E-state index in [1.807, 2.05) is 36.2 Å². The molecule has 3 rings (SSSR count). The van der Waals surface area contributed by atoms with Gasteiger partial charge >= 0.3 is 0 Å². The van der Waals surface area contributed by atoms with Gasteiger partial charge in [-0.15, -0.1) is 11.3 Å². The highest BCUT2D eigenvalue weighted by atomic mass is 32.1. The predicted octanol–water partition coefficient (Wildman–Crippen LogP) is 3.07. The number of likely N-dealkylation sites (N-methyl/N-ethyl adjacent to an activating group) is 1. The van der Waals surface area contributed by atoms with Gasteiger partial charge in [0, 0.05) is 24.4 Å². The van der Waals surface area contributed by atoms with E-state index in [2.05, 4.69) is 5.32 Å². The Morgan fingerprint density at radius 2 is 1.90 bits per heavy atom. The van der Waals surface area contributed by atoms with Crippen LogP contribution < -0.4 is 20.5 Å². The molecule has 1 aromatic heterocycles. The zero-order valence-electron chi connectivity index (χ0n) is 17.5. The van der Waals surface area contributed by atoms with Crippen molar-refractivity contribution in [2.75, 3.05) is 39.2 Å². The number of primary amides is 1. The molecule has 0 atom stereocenters. The average Bonchev–Trinajstić information content (AvgIpc) is 3.10. The minimum atomic E-state index is -0.463. The van der Waals surface area contributed by atoms with Gasteiger partial charge in [0.05, 0.1) is 12.7 Å². The van der Waals surface area contributed by atoms with Crippen LogP contribution in [0.1, 0.15) is 40.1 Å². The van der Waals surface area contributed by atoms with Crippen LogP contribution in [0.4, 0.5) is 5.00 Å². The van der Waals surface area contributed by atoms with Crippen LogP contribution in [0.2, 0.25) is 0 Å². The van der Waals surface area contributed by atoms with Crippen LogP contribution in [0.5, 0.6) is 11.5 Å². The Morgan fingerprint density at radius 1 is 1.17 bits per heavy atom. The standard InChI is InChI=1S/C22H29N3O4S/c1-25(13-14-29-17-9-5-4-8-16(17)28-2)12-11-19(26)24-22-20(21(23)27)15-7-3-6-10-18(15)30-22/h4-5,8-9H,3,6-7,10-14H2,1-2H3,(H2,23,27)(H,24,26). The number of hydrogen-bond acceptors (Lipinski definition) is 6. The molecule has 0 unspecified atom stereocenters. The first-order valence-electron chi connectivity index (χ1n) is 10.2. The third-order valence-corrected chi connectivity index (χ3v) is 6.40. The van der Waals surface area contributed by atoms with E-state index in [0.717, 1.165) is 31.2 Å². The molecule has 8 heteroatoms. The molecule has 1 heterocycles. The van der Waals surface area contributed by atoms with E-state index in [4.69, 9.17) is 15.2 Å². The average molecular weight is 432 g/mol. The summed E-state index contributed by atoms with van der Waals surface area (Å²) < 4.78 is 11.0. The Morgan fingerprint density at radius 3 is 2.63 bits per heavy atom. The third kappa shape index (κ3) is 5.52. The molecule has 2 aromatic rings. The van der Waals surface area contributed by atoms with Gasteiger partial charge in [-0.05, 0) is 50.4 Å². The van der Waals surface area contributed by atoms with Crippen molar-refractivity contribution >= 4 is 28.2 Å². The number of hydrogen-bond donors (Lipinski definition) is 2. The normalized spacial score (nSPS) is 13.0. The molecule has 162 valence electrons. The van der Waals surface area contributed by atoms with Crippen molar-refractivity contribution in [2.45, 2.75) is 32.1 Å². The number of carbonyl (C=O) groups excluding carboxylic acids is 2. The van der Waals surface area contributed by atoms with E-state index in [1.165, 1.54) is 16.2 Å². The van der Waals surface area contributed by atoms with Crippen molar-refractivity contribution in [3.8, 4) is 11.5 Å². The zero-order valence-corrected chi connectivity index (χ0v) is 18.3. The van der Waals surface area contributed by atoms with Crippen molar-refractivity contribution in [1.29, 1.82) is 0 Å². The number of methoxy groups -OCH3 is 1. The van der Waals surface area contributed by atoms with Gasteiger partial charge in [0.1, 0.15) is 11.6 Å². The molecule has 7 nitrogen and oxygen atoms in total. The summed E-state index contributed by atoms with van der Waals surface area (Å²) in [6.07, 6.45) is 4.30. The van der Waals surface area contributed by atoms with Gasteiger partial charge in [-0.3, -0.25) is 9.59 Å². The highest BCUT2D eigenvalue weighted by molar-refractivity contribution is 7.17. The van der Waals surface area contributed by atoms with E-state index in [1.54, 1.807) is 7.11 Å². The minimum Gasteiger partial charge on any atom is -0.493 e. The van der Waals surface area contributed by atoms with Crippen molar-refractivity contribution in [3.63, 3.8) is 0 Å². The lowest BCUT2D eigenvalue weighted by atomic mass is 9.95. The van der Waals surface area contributed by atoms with Crippen LogP contribution in [0, 0.1) is 0 Å². The van der Waals surface area contributed by atoms with Gasteiger partial charge in [0.2, 0.25) is 5.91 Å². The van der Waals surface area contributed by atoms with Crippen molar-refractivity contribution in [1.82, 2.24) is 4.90 Å². The van der Waals surface area contributed by atoms with Crippen molar-refractivity contribution in [2.24, 2.45) is 5.73 Å². The van der Waals surface area contributed by atoms with Gasteiger partial charge in [0.15, 0.2) is 11.5 Å². The number of fused-ring (bicyclic) bond motifs is 1. The fourth-order valence-corrected chi connectivity index (χ4v) is 4.87. The lowest BCUT2D eigenvalue weighted by molar-refractivity contribution is -0.116. The number of nitrogens with one attached hydrogen (secondary N) is 1. The Balaban J connectivity index is 1.47. The monoisotopic (exact) mass is 431 g/mol. The molecular weight excluding hydrogens is 402 g/mol. The molecule has 0 radical (unpaired) electrons. The summed E-state index contributed by atoms with van der Waals surface area (Å²) in [7, 11) is 3.55. The molecule has 1 aliphatic rings. The van der Waals surface area contributed by atoms with Crippen LogP contribution in [0.3, 0.4) is 0 Å². The molecule has 0 fully saturated rings. The van der Waals surface area contributed by atoms with E-state index >= 15 is 0 Å². The Bertz CT molecular complexity index is 897. The number of carbonyl (C=O) groups is 2. The Hall–Kier alpha value is -2.58. The molecular formula is C22H29N3O4S. The van der Waals surface area contributed by atoms with E-state index in [0.29, 0.717) is 48.2 Å². The molecule has 0 spiro atoms. The SMILES string of the molecule is COc1ccccc1OCCN(C)CCC(=O)Nc1sc2c(c1C(N)=O)CCCC2. The Labute approximate surface area is 181 Å². The summed E-state index contributed by atoms with van der Waals surface area (Å²) in [5, 5.41) is 3.50. The number of para-hydroxylation sites is 2. The second-order valence-corrected chi connectivity index (χ2v) is 8.49. The van der Waals surface area contributed by atoms with Crippen LogP contribution in [0.25, 0.3) is 0 Å². The summed E-state index contributed by atoms with van der Waals surface area (Å²) in [5.41, 5.74) is 7.12. The Kier molecular flexibility index (Phi) is 7.70. The molecule has 1 aromatic carbocycles. The first-order chi connectivity index (χ1) is 14.5. The largest absolute Gasteiger partial charge is 0.493 e. The lowest BCUT2D eigenvalue weighted by Gasteiger charge is -2.17. The summed E-state index contributed by atoms with van der Waals surface area (Å²) >= 11 is 1.49. The number of nitrogens with two attached hydrogens (primary N) is 1. The molecule has 3 N–H and O–H groups in total. The third-order valence-electron chi connectivity index (χ3n) is 5.19. The van der Waals surface area contributed by atoms with Crippen LogP contribution >= 0.6 is 11.3 Å². The van der Waals surface area contributed by atoms with Gasteiger partial charge < -0.3 is 25.4 Å². The lowest BCUT2D eigenvalue weighted by Crippen LogP contribution is -2.28. The molecule has 0 aliphatic heterocycles. The number of benzene rings is 1. The van der Waals surface area contributed by atoms with Crippen LogP contribution in [-0.2, 0) is 17.6 Å². The number of rotatable bonds is 10. The molecule has 0 bridgehead atoms. The summed E-state index contributed by atoms with van der Waals surface area (Å²) in [4.78, 5) is 27.6. The van der Waals surface area contributed by atoms with Crippen molar-refractivity contribution in [3.05, 3.63) is 40.3 Å². The minimum absolute atomic E-state index is 0.117. The summed E-state index contributed by atoms with van der Waals surface area (Å²) in [5.74, 6) is 0.819. The van der Waals surface area contributed by atoms with Crippen LogP contribution in [-0.4, -0.2) is 50.6 Å². The van der Waals surface area contributed by atoms with Gasteiger partial charge in [-0.2, -0.15) is 0 Å². The molecule has 0 saturated heterocycles. The molecule has 0 saturated carbocycles. The van der Waals surface area contributed by atoms with Crippen molar-refractivity contribution < 1.29 is 19.1 Å². The second kappa shape index (κ2) is 10.4. The van der Waals surface area contributed by atoms with E-state index < -0.39 is 5.91 Å². The maximum atomic E-state index is 12.5. The fraction of sp³-hybridized carbons (Fsp3) is 0.455. The van der Waals surface area contributed by atoms with Crippen LogP contribution in [0.15, 0.2) is 24.3 Å². The topological polar surface area (TPSA) is 93.9 Å². The molecule has 2 amide bonds. The van der Waals surface area contributed by atoms with Gasteiger partial charge in [0.25, 0.3) is 5.91 Å². The number of nitrogens with zero attached hydrogens (tertiary/aromatic N) is 1. The molecule has 1 aliphatic carbocycles. The zero-order chi connectivity index (χ0) is 21.5. The highest BCUT2D eigenvalue weighted by Crippen LogP contribution is 2.37. The summed E-state index contributed by atoms with van der Waals surface area (Å²) in [6.45, 7) is 1.74. The fourth-order valence-electron chi connectivity index (χ4n) is 3.56. The smallest absolute Gasteiger partial charge is 0.251 e. The summed E-state index contributed by atoms with van der Waals surface area (Å²) in [6, 6.07) is 7.51. The number of thiophene rings is 1. The highest BCUT2D eigenvalue weighted by Gasteiger charge is 2.24. The van der Waals surface area contributed by atoms with Gasteiger partial charge in [-0.1, -0.05) is 12.1 Å². The number of anilines is 1. The number of ether oxygens (including phenoxy) is 2.